The molecular weight excluding hydrogens is 386 g/mol. The van der Waals surface area contributed by atoms with Crippen LogP contribution in [0.15, 0.2) is 40.9 Å². The number of ether oxygens (including phenoxy) is 2. The van der Waals surface area contributed by atoms with Crippen molar-refractivity contribution in [3.8, 4) is 29.2 Å². The van der Waals surface area contributed by atoms with Gasteiger partial charge in [-0.1, -0.05) is 17.0 Å². The van der Waals surface area contributed by atoms with E-state index >= 15 is 0 Å². The first-order valence-electron chi connectivity index (χ1n) is 9.39. The van der Waals surface area contributed by atoms with E-state index in [0.29, 0.717) is 18.1 Å². The number of nitrogens with zero attached hydrogens (tertiary/aromatic N) is 5. The molecule has 1 aliphatic rings. The maximum absolute atomic E-state index is 9.04. The van der Waals surface area contributed by atoms with Crippen LogP contribution in [-0.4, -0.2) is 58.4 Å². The summed E-state index contributed by atoms with van der Waals surface area (Å²) in [6.07, 6.45) is 0.750. The molecule has 1 aromatic carbocycles. The van der Waals surface area contributed by atoms with Crippen molar-refractivity contribution >= 4 is 5.82 Å². The molecule has 1 fully saturated rings. The van der Waals surface area contributed by atoms with Gasteiger partial charge in [-0.3, -0.25) is 0 Å². The van der Waals surface area contributed by atoms with Crippen LogP contribution in [0, 0.1) is 11.8 Å². The first-order chi connectivity index (χ1) is 14.6. The Hall–Kier alpha value is -3.48. The highest BCUT2D eigenvalue weighted by Crippen LogP contribution is 2.28. The van der Waals surface area contributed by atoms with Crippen molar-refractivity contribution in [2.24, 2.45) is 0 Å². The molecule has 9 heteroatoms. The van der Waals surface area contributed by atoms with E-state index in [1.165, 1.54) is 0 Å². The molecule has 1 N–H and O–H groups in total. The zero-order valence-electron chi connectivity index (χ0n) is 16.7. The van der Waals surface area contributed by atoms with Crippen LogP contribution in [0.5, 0.6) is 5.75 Å². The number of aliphatic hydroxyl groups is 1. The molecule has 0 saturated carbocycles. The molecule has 0 radical (unpaired) electrons. The standard InChI is InChI=1S/C21H21N5O4/c1-28-16-5-3-15(4-6-16)9-10-21(29-2)11-12-26(14-21)19-8-7-17(23-24-19)20-22-18(13-27)25-30-20/h3-8,27H,11-14H2,1-2H3. The van der Waals surface area contributed by atoms with Gasteiger partial charge in [0, 0.05) is 25.6 Å². The highest BCUT2D eigenvalue weighted by Gasteiger charge is 2.37. The monoisotopic (exact) mass is 407 g/mol. The van der Waals surface area contributed by atoms with Crippen LogP contribution in [0.25, 0.3) is 11.6 Å². The summed E-state index contributed by atoms with van der Waals surface area (Å²) in [7, 11) is 3.31. The second-order valence-corrected chi connectivity index (χ2v) is 6.80. The lowest BCUT2D eigenvalue weighted by atomic mass is 10.0. The zero-order chi connectivity index (χ0) is 21.0. The summed E-state index contributed by atoms with van der Waals surface area (Å²) >= 11 is 0. The van der Waals surface area contributed by atoms with Gasteiger partial charge in [-0.05, 0) is 36.4 Å². The first-order valence-corrected chi connectivity index (χ1v) is 9.39. The van der Waals surface area contributed by atoms with Gasteiger partial charge >= 0.3 is 0 Å². The number of anilines is 1. The van der Waals surface area contributed by atoms with Gasteiger partial charge in [0.15, 0.2) is 17.3 Å². The fraction of sp³-hybridized carbons (Fsp3) is 0.333. The summed E-state index contributed by atoms with van der Waals surface area (Å²) < 4.78 is 16.0. The largest absolute Gasteiger partial charge is 0.497 e. The van der Waals surface area contributed by atoms with E-state index in [9.17, 15) is 0 Å². The second-order valence-electron chi connectivity index (χ2n) is 6.80. The number of hydrogen-bond acceptors (Lipinski definition) is 9. The van der Waals surface area contributed by atoms with E-state index in [2.05, 4.69) is 37.1 Å². The third kappa shape index (κ3) is 4.10. The zero-order valence-corrected chi connectivity index (χ0v) is 16.7. The molecule has 0 bridgehead atoms. The van der Waals surface area contributed by atoms with Crippen molar-refractivity contribution in [1.82, 2.24) is 20.3 Å². The van der Waals surface area contributed by atoms with Crippen LogP contribution >= 0.6 is 0 Å². The highest BCUT2D eigenvalue weighted by molar-refractivity contribution is 5.51. The van der Waals surface area contributed by atoms with Crippen LogP contribution in [0.2, 0.25) is 0 Å². The molecule has 3 heterocycles. The Bertz CT molecular complexity index is 1060. The summed E-state index contributed by atoms with van der Waals surface area (Å²) in [5.74, 6) is 8.42. The maximum atomic E-state index is 9.04. The molecule has 9 nitrogen and oxygen atoms in total. The van der Waals surface area contributed by atoms with E-state index in [4.69, 9.17) is 19.1 Å². The molecule has 1 aliphatic heterocycles. The van der Waals surface area contributed by atoms with Crippen molar-refractivity contribution in [3.63, 3.8) is 0 Å². The number of rotatable bonds is 5. The predicted octanol–water partition coefficient (Wildman–Crippen LogP) is 1.67. The lowest BCUT2D eigenvalue weighted by Gasteiger charge is -2.22. The molecule has 3 aromatic rings. The lowest BCUT2D eigenvalue weighted by Crippen LogP contribution is -2.34. The number of aliphatic hydroxyl groups excluding tert-OH is 1. The highest BCUT2D eigenvalue weighted by atomic mass is 16.5. The Balaban J connectivity index is 1.47. The van der Waals surface area contributed by atoms with Crippen LogP contribution < -0.4 is 9.64 Å². The molecule has 0 spiro atoms. The topological polar surface area (TPSA) is 107 Å². The molecule has 1 unspecified atom stereocenters. The van der Waals surface area contributed by atoms with Crippen molar-refractivity contribution in [2.75, 3.05) is 32.2 Å². The summed E-state index contributed by atoms with van der Waals surface area (Å²) in [5, 5.41) is 21.1. The number of benzene rings is 1. The van der Waals surface area contributed by atoms with Gasteiger partial charge in [0.05, 0.1) is 13.7 Å². The SMILES string of the molecule is COc1ccc(C#CC2(OC)CCN(c3ccc(-c4nc(CO)no4)nn3)C2)cc1. The van der Waals surface area contributed by atoms with Gasteiger partial charge in [-0.25, -0.2) is 0 Å². The Morgan fingerprint density at radius 3 is 2.63 bits per heavy atom. The fourth-order valence-electron chi connectivity index (χ4n) is 3.19. The minimum absolute atomic E-state index is 0.204. The summed E-state index contributed by atoms with van der Waals surface area (Å²) in [5.41, 5.74) is 0.766. The number of hydrogen-bond donors (Lipinski definition) is 1. The van der Waals surface area contributed by atoms with Crippen molar-refractivity contribution in [1.29, 1.82) is 0 Å². The predicted molar refractivity (Wildman–Crippen MR) is 108 cm³/mol. The molecule has 0 amide bonds. The van der Waals surface area contributed by atoms with Crippen molar-refractivity contribution < 1.29 is 19.1 Å². The van der Waals surface area contributed by atoms with Gasteiger partial charge in [0.2, 0.25) is 0 Å². The van der Waals surface area contributed by atoms with Crippen LogP contribution in [0.4, 0.5) is 5.82 Å². The molecule has 154 valence electrons. The minimum Gasteiger partial charge on any atom is -0.497 e. The Morgan fingerprint density at radius 1 is 1.17 bits per heavy atom. The molecule has 2 aromatic heterocycles. The smallest absolute Gasteiger partial charge is 0.278 e. The first kappa shape index (κ1) is 19.8. The van der Waals surface area contributed by atoms with Crippen molar-refractivity contribution in [2.45, 2.75) is 18.6 Å². The van der Waals surface area contributed by atoms with E-state index in [1.54, 1.807) is 20.3 Å². The maximum Gasteiger partial charge on any atom is 0.278 e. The number of methoxy groups -OCH3 is 2. The quantitative estimate of drug-likeness (QED) is 0.632. The molecule has 1 atom stereocenters. The molecule has 4 rings (SSSR count). The lowest BCUT2D eigenvalue weighted by molar-refractivity contribution is 0.0602. The number of aromatic nitrogens is 4. The average molecular weight is 407 g/mol. The Morgan fingerprint density at radius 2 is 2.00 bits per heavy atom. The third-order valence-corrected chi connectivity index (χ3v) is 4.95. The third-order valence-electron chi connectivity index (χ3n) is 4.95. The van der Waals surface area contributed by atoms with E-state index in [1.807, 2.05) is 30.3 Å². The minimum atomic E-state index is -0.581. The van der Waals surface area contributed by atoms with Gasteiger partial charge in [-0.15, -0.1) is 10.2 Å². The van der Waals surface area contributed by atoms with E-state index in [0.717, 1.165) is 24.3 Å². The van der Waals surface area contributed by atoms with Gasteiger partial charge in [-0.2, -0.15) is 4.98 Å². The van der Waals surface area contributed by atoms with Gasteiger partial charge in [0.25, 0.3) is 5.89 Å². The van der Waals surface area contributed by atoms with Gasteiger partial charge in [0.1, 0.15) is 18.0 Å². The van der Waals surface area contributed by atoms with E-state index in [-0.39, 0.29) is 18.3 Å². The molecular formula is C21H21N5O4. The summed E-state index contributed by atoms with van der Waals surface area (Å²) in [6.45, 7) is 1.03. The second kappa shape index (κ2) is 8.49. The summed E-state index contributed by atoms with van der Waals surface area (Å²) in [4.78, 5) is 6.12. The fourth-order valence-corrected chi connectivity index (χ4v) is 3.19. The van der Waals surface area contributed by atoms with Crippen LogP contribution in [-0.2, 0) is 11.3 Å². The van der Waals surface area contributed by atoms with Crippen LogP contribution in [0.1, 0.15) is 17.8 Å². The molecule has 0 aliphatic carbocycles. The molecule has 1 saturated heterocycles. The summed E-state index contributed by atoms with van der Waals surface area (Å²) in [6, 6.07) is 11.2. The molecule has 30 heavy (non-hydrogen) atoms. The average Bonchev–Trinajstić information content (AvgIpc) is 3.46. The Kier molecular flexibility index (Phi) is 5.61. The van der Waals surface area contributed by atoms with Crippen LogP contribution in [0.3, 0.4) is 0 Å². The van der Waals surface area contributed by atoms with E-state index < -0.39 is 5.60 Å². The Labute approximate surface area is 173 Å². The van der Waals surface area contributed by atoms with Crippen molar-refractivity contribution in [3.05, 3.63) is 47.8 Å². The normalized spacial score (nSPS) is 18.2. The van der Waals surface area contributed by atoms with Gasteiger partial charge < -0.3 is 24.0 Å².